The molecule has 2 aromatic rings. The quantitative estimate of drug-likeness (QED) is 0.524. The lowest BCUT2D eigenvalue weighted by molar-refractivity contribution is -0.140. The molecule has 0 aromatic heterocycles. The number of hydrogen-bond donors (Lipinski definition) is 1. The molecule has 0 aliphatic heterocycles. The van der Waals surface area contributed by atoms with Crippen LogP contribution in [0.4, 0.5) is 0 Å². The number of amides is 2. The molecule has 0 aliphatic rings. The Morgan fingerprint density at radius 3 is 2.32 bits per heavy atom. The Balaban J connectivity index is 1.98. The minimum Gasteiger partial charge on any atom is -0.497 e. The molecular formula is C24H32N2O5. The third-order valence-corrected chi connectivity index (χ3v) is 4.87. The van der Waals surface area contributed by atoms with E-state index in [1.165, 1.54) is 0 Å². The largest absolute Gasteiger partial charge is 0.497 e. The molecule has 2 aromatic carbocycles. The number of nitrogens with zero attached hydrogens (tertiary/aromatic N) is 1. The molecule has 0 fully saturated rings. The summed E-state index contributed by atoms with van der Waals surface area (Å²) in [5, 5.41) is 2.79. The highest BCUT2D eigenvalue weighted by molar-refractivity contribution is 5.87. The Hall–Kier alpha value is -3.22. The molecule has 7 heteroatoms. The first kappa shape index (κ1) is 24.1. The van der Waals surface area contributed by atoms with E-state index in [0.717, 1.165) is 17.1 Å². The van der Waals surface area contributed by atoms with Crippen molar-refractivity contribution in [2.24, 2.45) is 0 Å². The standard InChI is InChI=1S/C24H32N2O5/c1-5-25-24(28)18(2)26(17-19-8-6-9-22(16-19)30-4)23(27)10-7-15-31-21-13-11-20(29-3)12-14-21/h6,8-9,11-14,16,18H,5,7,10,15,17H2,1-4H3,(H,25,28)/t18-/m0/s1. The van der Waals surface area contributed by atoms with Crippen LogP contribution in [0, 0.1) is 0 Å². The minimum absolute atomic E-state index is 0.0973. The molecule has 7 nitrogen and oxygen atoms in total. The van der Waals surface area contributed by atoms with Crippen molar-refractivity contribution >= 4 is 11.8 Å². The zero-order valence-electron chi connectivity index (χ0n) is 18.7. The summed E-state index contributed by atoms with van der Waals surface area (Å²) in [6.45, 7) is 4.85. The Morgan fingerprint density at radius 1 is 1.00 bits per heavy atom. The van der Waals surface area contributed by atoms with Gasteiger partial charge in [-0.05, 0) is 62.2 Å². The molecule has 2 amide bonds. The van der Waals surface area contributed by atoms with Gasteiger partial charge in [0.05, 0.1) is 20.8 Å². The number of nitrogens with one attached hydrogen (secondary N) is 1. The molecule has 0 bridgehead atoms. The lowest BCUT2D eigenvalue weighted by atomic mass is 10.1. The van der Waals surface area contributed by atoms with Gasteiger partial charge >= 0.3 is 0 Å². The van der Waals surface area contributed by atoms with E-state index < -0.39 is 6.04 Å². The van der Waals surface area contributed by atoms with Gasteiger partial charge in [0, 0.05) is 19.5 Å². The maximum atomic E-state index is 13.0. The average molecular weight is 429 g/mol. The molecule has 0 radical (unpaired) electrons. The van der Waals surface area contributed by atoms with Gasteiger partial charge in [0.25, 0.3) is 0 Å². The summed E-state index contributed by atoms with van der Waals surface area (Å²) in [4.78, 5) is 27.0. The van der Waals surface area contributed by atoms with Crippen LogP contribution in [-0.4, -0.2) is 50.1 Å². The zero-order valence-corrected chi connectivity index (χ0v) is 18.7. The van der Waals surface area contributed by atoms with E-state index in [9.17, 15) is 9.59 Å². The SMILES string of the molecule is CCNC(=O)[C@H](C)N(Cc1cccc(OC)c1)C(=O)CCCOc1ccc(OC)cc1. The van der Waals surface area contributed by atoms with Crippen LogP contribution in [0.2, 0.25) is 0 Å². The summed E-state index contributed by atoms with van der Waals surface area (Å²) in [6, 6.07) is 14.2. The predicted octanol–water partition coefficient (Wildman–Crippen LogP) is 3.42. The maximum Gasteiger partial charge on any atom is 0.242 e. The number of likely N-dealkylation sites (N-methyl/N-ethyl adjacent to an activating group) is 1. The van der Waals surface area contributed by atoms with Crippen LogP contribution in [0.15, 0.2) is 48.5 Å². The second kappa shape index (κ2) is 12.5. The van der Waals surface area contributed by atoms with Crippen LogP contribution in [0.5, 0.6) is 17.2 Å². The first-order valence-corrected chi connectivity index (χ1v) is 10.5. The van der Waals surface area contributed by atoms with E-state index >= 15 is 0 Å². The molecule has 0 spiro atoms. The maximum absolute atomic E-state index is 13.0. The Morgan fingerprint density at radius 2 is 1.68 bits per heavy atom. The number of hydrogen-bond acceptors (Lipinski definition) is 5. The highest BCUT2D eigenvalue weighted by Gasteiger charge is 2.25. The van der Waals surface area contributed by atoms with Crippen LogP contribution in [0.3, 0.4) is 0 Å². The van der Waals surface area contributed by atoms with Crippen molar-refractivity contribution in [3.63, 3.8) is 0 Å². The van der Waals surface area contributed by atoms with Gasteiger partial charge in [0.1, 0.15) is 23.3 Å². The fraction of sp³-hybridized carbons (Fsp3) is 0.417. The monoisotopic (exact) mass is 428 g/mol. The first-order chi connectivity index (χ1) is 15.0. The minimum atomic E-state index is -0.582. The molecule has 2 rings (SSSR count). The van der Waals surface area contributed by atoms with Gasteiger partial charge in [-0.25, -0.2) is 0 Å². The van der Waals surface area contributed by atoms with Crippen molar-refractivity contribution in [1.82, 2.24) is 10.2 Å². The van der Waals surface area contributed by atoms with E-state index in [2.05, 4.69) is 5.32 Å². The van der Waals surface area contributed by atoms with Crippen LogP contribution < -0.4 is 19.5 Å². The number of rotatable bonds is 12. The molecule has 1 atom stereocenters. The molecular weight excluding hydrogens is 396 g/mol. The Bertz CT molecular complexity index is 838. The average Bonchev–Trinajstić information content (AvgIpc) is 2.80. The summed E-state index contributed by atoms with van der Waals surface area (Å²) in [7, 11) is 3.21. The molecule has 168 valence electrons. The van der Waals surface area contributed by atoms with E-state index in [0.29, 0.717) is 31.9 Å². The topological polar surface area (TPSA) is 77.1 Å². The highest BCUT2D eigenvalue weighted by atomic mass is 16.5. The Labute approximate surface area is 184 Å². The van der Waals surface area contributed by atoms with Gasteiger partial charge < -0.3 is 24.4 Å². The fourth-order valence-corrected chi connectivity index (χ4v) is 3.10. The van der Waals surface area contributed by atoms with Crippen LogP contribution in [0.25, 0.3) is 0 Å². The predicted molar refractivity (Wildman–Crippen MR) is 119 cm³/mol. The van der Waals surface area contributed by atoms with E-state index in [1.54, 1.807) is 26.0 Å². The second-order valence-corrected chi connectivity index (χ2v) is 7.07. The van der Waals surface area contributed by atoms with Crippen molar-refractivity contribution in [3.05, 3.63) is 54.1 Å². The lowest BCUT2D eigenvalue weighted by Gasteiger charge is -2.29. The van der Waals surface area contributed by atoms with E-state index in [-0.39, 0.29) is 18.2 Å². The normalized spacial score (nSPS) is 11.4. The van der Waals surface area contributed by atoms with Gasteiger partial charge in [-0.1, -0.05) is 12.1 Å². The van der Waals surface area contributed by atoms with Gasteiger partial charge in [-0.2, -0.15) is 0 Å². The number of carbonyl (C=O) groups is 2. The van der Waals surface area contributed by atoms with Crippen molar-refractivity contribution in [1.29, 1.82) is 0 Å². The van der Waals surface area contributed by atoms with Gasteiger partial charge in [0.2, 0.25) is 11.8 Å². The van der Waals surface area contributed by atoms with Crippen molar-refractivity contribution < 1.29 is 23.8 Å². The zero-order chi connectivity index (χ0) is 22.6. The third-order valence-electron chi connectivity index (χ3n) is 4.87. The first-order valence-electron chi connectivity index (χ1n) is 10.5. The molecule has 31 heavy (non-hydrogen) atoms. The second-order valence-electron chi connectivity index (χ2n) is 7.07. The summed E-state index contributed by atoms with van der Waals surface area (Å²) in [6.07, 6.45) is 0.825. The number of benzene rings is 2. The fourth-order valence-electron chi connectivity index (χ4n) is 3.10. The smallest absolute Gasteiger partial charge is 0.242 e. The van der Waals surface area contributed by atoms with E-state index in [4.69, 9.17) is 14.2 Å². The summed E-state index contributed by atoms with van der Waals surface area (Å²) < 4.78 is 16.1. The van der Waals surface area contributed by atoms with Crippen LogP contribution in [0.1, 0.15) is 32.3 Å². The molecule has 0 saturated heterocycles. The van der Waals surface area contributed by atoms with Crippen LogP contribution in [-0.2, 0) is 16.1 Å². The van der Waals surface area contributed by atoms with Gasteiger partial charge in [-0.15, -0.1) is 0 Å². The van der Waals surface area contributed by atoms with Crippen molar-refractivity contribution in [3.8, 4) is 17.2 Å². The molecule has 1 N–H and O–H groups in total. The molecule has 0 heterocycles. The molecule has 0 saturated carbocycles. The highest BCUT2D eigenvalue weighted by Crippen LogP contribution is 2.19. The van der Waals surface area contributed by atoms with Gasteiger partial charge in [0.15, 0.2) is 0 Å². The molecule has 0 unspecified atom stereocenters. The Kier molecular flexibility index (Phi) is 9.68. The third kappa shape index (κ3) is 7.51. The molecule has 0 aliphatic carbocycles. The lowest BCUT2D eigenvalue weighted by Crippen LogP contribution is -2.47. The van der Waals surface area contributed by atoms with Gasteiger partial charge in [-0.3, -0.25) is 9.59 Å². The summed E-state index contributed by atoms with van der Waals surface area (Å²) >= 11 is 0. The van der Waals surface area contributed by atoms with E-state index in [1.807, 2.05) is 55.5 Å². The summed E-state index contributed by atoms with van der Waals surface area (Å²) in [5.74, 6) is 1.92. The van der Waals surface area contributed by atoms with Crippen molar-refractivity contribution in [2.75, 3.05) is 27.4 Å². The number of carbonyl (C=O) groups excluding carboxylic acids is 2. The number of ether oxygens (including phenoxy) is 3. The summed E-state index contributed by atoms with van der Waals surface area (Å²) in [5.41, 5.74) is 0.901. The number of methoxy groups -OCH3 is 2. The van der Waals surface area contributed by atoms with Crippen molar-refractivity contribution in [2.45, 2.75) is 39.3 Å². The van der Waals surface area contributed by atoms with Crippen LogP contribution >= 0.6 is 0 Å².